The molecule has 2 unspecified atom stereocenters. The van der Waals surface area contributed by atoms with Crippen molar-refractivity contribution in [1.29, 1.82) is 0 Å². The van der Waals surface area contributed by atoms with Crippen LogP contribution in [-0.2, 0) is 26.3 Å². The number of pyridine rings is 1. The van der Waals surface area contributed by atoms with Gasteiger partial charge in [-0.15, -0.1) is 0 Å². The van der Waals surface area contributed by atoms with Crippen LogP contribution in [-0.4, -0.2) is 99.8 Å². The third-order valence-corrected chi connectivity index (χ3v) is 9.26. The van der Waals surface area contributed by atoms with Crippen LogP contribution in [0.3, 0.4) is 0 Å². The smallest absolute Gasteiger partial charge is 0.410 e. The number of carbonyl (C=O) groups excluding carboxylic acids is 1. The molecule has 13 heteroatoms. The van der Waals surface area contributed by atoms with Gasteiger partial charge in [-0.3, -0.25) is 0 Å². The molecule has 2 aliphatic rings. The largest absolute Gasteiger partial charge is 0.478 e. The van der Waals surface area contributed by atoms with Crippen molar-refractivity contribution < 1.29 is 32.6 Å². The number of nitrogens with zero attached hydrogens (tertiary/aromatic N) is 5. The van der Waals surface area contributed by atoms with E-state index in [4.69, 9.17) is 9.47 Å². The first-order chi connectivity index (χ1) is 19.1. The molecule has 218 valence electrons. The van der Waals surface area contributed by atoms with Crippen LogP contribution in [0.25, 0.3) is 0 Å². The normalized spacial score (nSPS) is 19.2. The number of amides is 1. The van der Waals surface area contributed by atoms with Gasteiger partial charge in [0.1, 0.15) is 18.2 Å². The summed E-state index contributed by atoms with van der Waals surface area (Å²) in [6.07, 6.45) is 0.575. The number of benzene rings is 1. The lowest BCUT2D eigenvalue weighted by Crippen LogP contribution is -2.53. The molecule has 0 spiro atoms. The molecule has 12 nitrogen and oxygen atoms in total. The predicted molar refractivity (Wildman–Crippen MR) is 150 cm³/mol. The Bertz CT molecular complexity index is 1290. The summed E-state index contributed by atoms with van der Waals surface area (Å²) in [5.41, 5.74) is 0.806. The zero-order valence-corrected chi connectivity index (χ0v) is 23.9. The molecule has 40 heavy (non-hydrogen) atoms. The van der Waals surface area contributed by atoms with E-state index in [2.05, 4.69) is 11.9 Å². The summed E-state index contributed by atoms with van der Waals surface area (Å²) >= 11 is 0. The van der Waals surface area contributed by atoms with Gasteiger partial charge in [-0.1, -0.05) is 37.3 Å². The second-order valence-electron chi connectivity index (χ2n) is 10.2. The van der Waals surface area contributed by atoms with Crippen LogP contribution in [0.1, 0.15) is 29.3 Å². The molecular weight excluding hydrogens is 538 g/mol. The molecule has 1 aromatic carbocycles. The van der Waals surface area contributed by atoms with E-state index in [1.54, 1.807) is 7.11 Å². The van der Waals surface area contributed by atoms with Crippen molar-refractivity contribution in [3.63, 3.8) is 0 Å². The Morgan fingerprint density at radius 2 is 1.75 bits per heavy atom. The number of rotatable bonds is 12. The second kappa shape index (κ2) is 12.8. The fourth-order valence-electron chi connectivity index (χ4n) is 4.59. The van der Waals surface area contributed by atoms with Crippen molar-refractivity contribution in [2.75, 3.05) is 69.2 Å². The van der Waals surface area contributed by atoms with Gasteiger partial charge in [-0.2, -0.15) is 12.7 Å². The van der Waals surface area contributed by atoms with Gasteiger partial charge < -0.3 is 24.4 Å². The van der Waals surface area contributed by atoms with Gasteiger partial charge in [0.2, 0.25) is 0 Å². The van der Waals surface area contributed by atoms with E-state index in [1.807, 2.05) is 35.2 Å². The summed E-state index contributed by atoms with van der Waals surface area (Å²) < 4.78 is 39.9. The molecule has 2 atom stereocenters. The van der Waals surface area contributed by atoms with E-state index < -0.39 is 22.3 Å². The minimum absolute atomic E-state index is 0.00543. The number of ether oxygens (including phenoxy) is 2. The van der Waals surface area contributed by atoms with Crippen molar-refractivity contribution in [3.05, 3.63) is 53.6 Å². The first-order valence-electron chi connectivity index (χ1n) is 13.3. The standard InChI is InChI=1S/C27H37N5O7S/c1-20-15-23(20)18-31(13-14-38-3)25-17-22(26(33)34)16-24(28-25)29(2)40(36,37)32-11-9-30(10-12-32)27(35)39-19-21-7-5-4-6-8-21/h4-8,16-17,20,23H,9-15,18-19H2,1-3H3,(H,33,34). The van der Waals surface area contributed by atoms with Gasteiger partial charge in [0.15, 0.2) is 0 Å². The third-order valence-electron chi connectivity index (χ3n) is 7.36. The molecule has 1 aliphatic carbocycles. The van der Waals surface area contributed by atoms with Crippen LogP contribution in [0.4, 0.5) is 16.4 Å². The maximum Gasteiger partial charge on any atom is 0.410 e. The van der Waals surface area contributed by atoms with Crippen LogP contribution in [0.5, 0.6) is 0 Å². The highest BCUT2D eigenvalue weighted by Gasteiger charge is 2.36. The lowest BCUT2D eigenvalue weighted by Gasteiger charge is -2.35. The second-order valence-corrected chi connectivity index (χ2v) is 12.2. The van der Waals surface area contributed by atoms with Crippen molar-refractivity contribution in [2.45, 2.75) is 20.0 Å². The average Bonchev–Trinajstić information content (AvgIpc) is 3.67. The van der Waals surface area contributed by atoms with E-state index >= 15 is 0 Å². The van der Waals surface area contributed by atoms with Crippen LogP contribution in [0.15, 0.2) is 42.5 Å². The van der Waals surface area contributed by atoms with E-state index in [0.717, 1.165) is 16.3 Å². The summed E-state index contributed by atoms with van der Waals surface area (Å²) in [4.78, 5) is 32.5. The third kappa shape index (κ3) is 7.20. The number of carboxylic acids is 1. The molecule has 0 radical (unpaired) electrons. The number of carboxylic acid groups (broad SMARTS) is 1. The summed E-state index contributed by atoms with van der Waals surface area (Å²) in [6, 6.07) is 12.0. The van der Waals surface area contributed by atoms with Crippen molar-refractivity contribution in [2.24, 2.45) is 11.8 Å². The number of methoxy groups -OCH3 is 1. The Morgan fingerprint density at radius 1 is 1.10 bits per heavy atom. The molecule has 1 saturated carbocycles. The summed E-state index contributed by atoms with van der Waals surface area (Å²) in [7, 11) is -1.10. The number of aromatic carboxylic acids is 1. The maximum absolute atomic E-state index is 13.5. The van der Waals surface area contributed by atoms with Crippen LogP contribution < -0.4 is 9.21 Å². The fraction of sp³-hybridized carbons (Fsp3) is 0.519. The number of carbonyl (C=O) groups is 2. The SMILES string of the molecule is COCCN(CC1CC1C)c1cc(C(=O)O)cc(N(C)S(=O)(=O)N2CCN(C(=O)OCc3ccccc3)CC2)n1. The molecule has 1 N–H and O–H groups in total. The van der Waals surface area contributed by atoms with Crippen molar-refractivity contribution in [1.82, 2.24) is 14.2 Å². The summed E-state index contributed by atoms with van der Waals surface area (Å²) in [5.74, 6) is 0.256. The first-order valence-corrected chi connectivity index (χ1v) is 14.7. The van der Waals surface area contributed by atoms with Gasteiger partial charge in [-0.05, 0) is 36.0 Å². The van der Waals surface area contributed by atoms with E-state index in [0.29, 0.717) is 37.4 Å². The van der Waals surface area contributed by atoms with Gasteiger partial charge in [0.25, 0.3) is 0 Å². The quantitative estimate of drug-likeness (QED) is 0.405. The minimum atomic E-state index is -4.05. The van der Waals surface area contributed by atoms with E-state index in [1.165, 1.54) is 28.4 Å². The zero-order chi connectivity index (χ0) is 28.9. The highest BCUT2D eigenvalue weighted by atomic mass is 32.2. The molecule has 2 heterocycles. The maximum atomic E-state index is 13.5. The number of hydrogen-bond donors (Lipinski definition) is 1. The van der Waals surface area contributed by atoms with Gasteiger partial charge >= 0.3 is 22.3 Å². The molecule has 2 aromatic rings. The van der Waals surface area contributed by atoms with Crippen LogP contribution in [0, 0.1) is 11.8 Å². The Labute approximate surface area is 235 Å². The summed E-state index contributed by atoms with van der Waals surface area (Å²) in [6.45, 7) is 4.35. The van der Waals surface area contributed by atoms with Gasteiger partial charge in [-0.25, -0.2) is 18.9 Å². The highest BCUT2D eigenvalue weighted by Crippen LogP contribution is 2.39. The average molecular weight is 576 g/mol. The van der Waals surface area contributed by atoms with Gasteiger partial charge in [0, 0.05) is 53.4 Å². The molecule has 1 aliphatic heterocycles. The zero-order valence-electron chi connectivity index (χ0n) is 23.1. The van der Waals surface area contributed by atoms with E-state index in [9.17, 15) is 23.1 Å². The van der Waals surface area contributed by atoms with Crippen LogP contribution in [0.2, 0.25) is 0 Å². The van der Waals surface area contributed by atoms with E-state index in [-0.39, 0.29) is 44.2 Å². The Hall–Kier alpha value is -3.42. The molecule has 0 bridgehead atoms. The lowest BCUT2D eigenvalue weighted by molar-refractivity contribution is 0.0696. The number of anilines is 2. The first kappa shape index (κ1) is 29.6. The predicted octanol–water partition coefficient (Wildman–Crippen LogP) is 2.52. The molecule has 1 saturated heterocycles. The lowest BCUT2D eigenvalue weighted by atomic mass is 10.2. The summed E-state index contributed by atoms with van der Waals surface area (Å²) in [5, 5.41) is 9.76. The molecular formula is C27H37N5O7S. The number of aromatic nitrogens is 1. The van der Waals surface area contributed by atoms with Gasteiger partial charge in [0.05, 0.1) is 12.2 Å². The molecule has 2 fully saturated rings. The number of piperazine rings is 1. The van der Waals surface area contributed by atoms with Crippen molar-refractivity contribution >= 4 is 33.9 Å². The Balaban J connectivity index is 1.45. The molecule has 1 amide bonds. The number of hydrogen-bond acceptors (Lipinski definition) is 8. The monoisotopic (exact) mass is 575 g/mol. The topological polar surface area (TPSA) is 133 Å². The molecule has 4 rings (SSSR count). The highest BCUT2D eigenvalue weighted by molar-refractivity contribution is 7.90. The Kier molecular flexibility index (Phi) is 9.48. The van der Waals surface area contributed by atoms with Crippen molar-refractivity contribution in [3.8, 4) is 0 Å². The minimum Gasteiger partial charge on any atom is -0.478 e. The van der Waals surface area contributed by atoms with Crippen LogP contribution >= 0.6 is 0 Å². The molecule has 1 aromatic heterocycles. The Morgan fingerprint density at radius 3 is 2.35 bits per heavy atom. The fourth-order valence-corrected chi connectivity index (χ4v) is 5.89.